The number of alkyl halides is 1. The molecule has 2 aromatic rings. The Bertz CT molecular complexity index is 436. The first-order chi connectivity index (χ1) is 7.29. The molecule has 0 saturated carbocycles. The molecule has 0 amide bonds. The lowest BCUT2D eigenvalue weighted by Gasteiger charge is -2.00. The van der Waals surface area contributed by atoms with E-state index in [1.54, 1.807) is 0 Å². The molecule has 0 spiro atoms. The molecule has 78 valence electrons. The average Bonchev–Trinajstić information content (AvgIpc) is 2.68. The van der Waals surface area contributed by atoms with Crippen LogP contribution in [-0.2, 0) is 6.42 Å². The summed E-state index contributed by atoms with van der Waals surface area (Å²) in [7, 11) is 0. The number of aryl methyl sites for hydroxylation is 1. The Morgan fingerprint density at radius 2 is 2.00 bits per heavy atom. The van der Waals surface area contributed by atoms with E-state index in [2.05, 4.69) is 21.0 Å². The van der Waals surface area contributed by atoms with E-state index in [4.69, 9.17) is 11.6 Å². The van der Waals surface area contributed by atoms with Crippen LogP contribution >= 0.6 is 27.5 Å². The van der Waals surface area contributed by atoms with Crippen LogP contribution in [-0.4, -0.2) is 15.7 Å². The fourth-order valence-electron chi connectivity index (χ4n) is 1.33. The third kappa shape index (κ3) is 2.61. The van der Waals surface area contributed by atoms with Crippen molar-refractivity contribution in [2.24, 2.45) is 0 Å². The summed E-state index contributed by atoms with van der Waals surface area (Å²) >= 11 is 9.07. The minimum Gasteiger partial charge on any atom is -0.241 e. The largest absolute Gasteiger partial charge is 0.241 e. The Morgan fingerprint density at radius 3 is 2.67 bits per heavy atom. The Kier molecular flexibility index (Phi) is 3.44. The second-order valence-corrected chi connectivity index (χ2v) is 4.50. The summed E-state index contributed by atoms with van der Waals surface area (Å²) < 4.78 is 2.92. The number of aromatic nitrogens is 2. The normalized spacial score (nSPS) is 10.5. The molecule has 0 aliphatic carbocycles. The van der Waals surface area contributed by atoms with Crippen molar-refractivity contribution in [3.63, 3.8) is 0 Å². The van der Waals surface area contributed by atoms with Crippen molar-refractivity contribution in [3.05, 3.63) is 46.7 Å². The molecule has 0 aliphatic heterocycles. The van der Waals surface area contributed by atoms with Crippen LogP contribution in [0.1, 0.15) is 5.56 Å². The Hall–Kier alpha value is -0.800. The first-order valence-corrected chi connectivity index (χ1v) is 5.98. The van der Waals surface area contributed by atoms with Gasteiger partial charge in [0.2, 0.25) is 0 Å². The Morgan fingerprint density at radius 1 is 1.27 bits per heavy atom. The second kappa shape index (κ2) is 4.81. The summed E-state index contributed by atoms with van der Waals surface area (Å²) in [4.78, 5) is 0. The minimum atomic E-state index is 0.631. The molecule has 0 N–H and O–H groups in total. The molecule has 15 heavy (non-hydrogen) atoms. The molecule has 1 heterocycles. The highest BCUT2D eigenvalue weighted by atomic mass is 79.9. The van der Waals surface area contributed by atoms with Crippen LogP contribution in [0.15, 0.2) is 41.1 Å². The molecule has 1 aromatic carbocycles. The third-order valence-corrected chi connectivity index (χ3v) is 2.83. The summed E-state index contributed by atoms with van der Waals surface area (Å²) in [6, 6.07) is 8.03. The number of rotatable bonds is 3. The highest BCUT2D eigenvalue weighted by Crippen LogP contribution is 2.14. The quantitative estimate of drug-likeness (QED) is 0.790. The van der Waals surface area contributed by atoms with Crippen molar-refractivity contribution < 1.29 is 0 Å². The van der Waals surface area contributed by atoms with Crippen LogP contribution in [0.3, 0.4) is 0 Å². The van der Waals surface area contributed by atoms with Gasteiger partial charge in [0.25, 0.3) is 0 Å². The van der Waals surface area contributed by atoms with E-state index in [-0.39, 0.29) is 0 Å². The molecule has 0 bridgehead atoms. The molecule has 1 aromatic heterocycles. The van der Waals surface area contributed by atoms with Crippen LogP contribution in [0.2, 0.25) is 0 Å². The van der Waals surface area contributed by atoms with E-state index in [0.29, 0.717) is 5.88 Å². The van der Waals surface area contributed by atoms with Crippen LogP contribution in [0.25, 0.3) is 5.69 Å². The van der Waals surface area contributed by atoms with Gasteiger partial charge in [-0.1, -0.05) is 15.9 Å². The van der Waals surface area contributed by atoms with E-state index in [1.807, 2.05) is 41.3 Å². The van der Waals surface area contributed by atoms with Crippen LogP contribution < -0.4 is 0 Å². The van der Waals surface area contributed by atoms with E-state index in [9.17, 15) is 0 Å². The zero-order valence-electron chi connectivity index (χ0n) is 8.03. The summed E-state index contributed by atoms with van der Waals surface area (Å²) in [5, 5.41) is 4.28. The topological polar surface area (TPSA) is 17.8 Å². The van der Waals surface area contributed by atoms with Gasteiger partial charge in [-0.25, -0.2) is 4.68 Å². The number of nitrogens with zero attached hydrogens (tertiary/aromatic N) is 2. The van der Waals surface area contributed by atoms with Crippen LogP contribution in [0.5, 0.6) is 0 Å². The summed E-state index contributed by atoms with van der Waals surface area (Å²) in [6.45, 7) is 0. The lowest BCUT2D eigenvalue weighted by Crippen LogP contribution is -1.93. The van der Waals surface area contributed by atoms with Crippen molar-refractivity contribution in [2.45, 2.75) is 6.42 Å². The number of halogens is 2. The molecule has 0 unspecified atom stereocenters. The summed E-state index contributed by atoms with van der Waals surface area (Å²) in [5.74, 6) is 0.631. The van der Waals surface area contributed by atoms with Gasteiger partial charge in [-0.3, -0.25) is 0 Å². The van der Waals surface area contributed by atoms with E-state index >= 15 is 0 Å². The van der Waals surface area contributed by atoms with Crippen LogP contribution in [0.4, 0.5) is 0 Å². The maximum Gasteiger partial charge on any atom is 0.0646 e. The molecule has 0 atom stereocenters. The first-order valence-electron chi connectivity index (χ1n) is 4.65. The second-order valence-electron chi connectivity index (χ2n) is 3.21. The van der Waals surface area contributed by atoms with Gasteiger partial charge in [0.05, 0.1) is 11.9 Å². The smallest absolute Gasteiger partial charge is 0.0646 e. The summed E-state index contributed by atoms with van der Waals surface area (Å²) in [6.07, 6.45) is 4.72. The van der Waals surface area contributed by atoms with Crippen molar-refractivity contribution in [3.8, 4) is 5.69 Å². The van der Waals surface area contributed by atoms with Crippen LogP contribution in [0, 0.1) is 0 Å². The van der Waals surface area contributed by atoms with Gasteiger partial charge < -0.3 is 0 Å². The zero-order valence-corrected chi connectivity index (χ0v) is 10.4. The van der Waals surface area contributed by atoms with Crippen molar-refractivity contribution >= 4 is 27.5 Å². The first kappa shape index (κ1) is 10.7. The van der Waals surface area contributed by atoms with Crippen molar-refractivity contribution in [2.75, 3.05) is 5.88 Å². The molecule has 4 heteroatoms. The molecular weight excluding hydrogens is 275 g/mol. The predicted molar refractivity (Wildman–Crippen MR) is 65.7 cm³/mol. The molecule has 0 fully saturated rings. The highest BCUT2D eigenvalue weighted by molar-refractivity contribution is 9.10. The average molecular weight is 286 g/mol. The van der Waals surface area contributed by atoms with Gasteiger partial charge in [-0.05, 0) is 36.2 Å². The van der Waals surface area contributed by atoms with Crippen molar-refractivity contribution in [1.29, 1.82) is 0 Å². The maximum atomic E-state index is 5.67. The fraction of sp³-hybridized carbons (Fsp3) is 0.182. The van der Waals surface area contributed by atoms with Gasteiger partial charge in [0, 0.05) is 16.5 Å². The number of benzene rings is 1. The van der Waals surface area contributed by atoms with E-state index in [0.717, 1.165) is 22.1 Å². The molecule has 0 saturated heterocycles. The SMILES string of the molecule is ClCCc1cnn(-c2ccc(Br)cc2)c1. The molecular formula is C11H10BrClN2. The van der Waals surface area contributed by atoms with Gasteiger partial charge in [0.15, 0.2) is 0 Å². The molecule has 0 aliphatic rings. The maximum absolute atomic E-state index is 5.67. The lowest BCUT2D eigenvalue weighted by atomic mass is 10.3. The van der Waals surface area contributed by atoms with Crippen molar-refractivity contribution in [1.82, 2.24) is 9.78 Å². The van der Waals surface area contributed by atoms with Gasteiger partial charge in [-0.15, -0.1) is 11.6 Å². The Labute approximate surface area is 102 Å². The minimum absolute atomic E-state index is 0.631. The van der Waals surface area contributed by atoms with Gasteiger partial charge in [-0.2, -0.15) is 5.10 Å². The summed E-state index contributed by atoms with van der Waals surface area (Å²) in [5.41, 5.74) is 2.21. The zero-order chi connectivity index (χ0) is 10.7. The third-order valence-electron chi connectivity index (χ3n) is 2.11. The number of hydrogen-bond donors (Lipinski definition) is 0. The predicted octanol–water partition coefficient (Wildman–Crippen LogP) is 3.42. The lowest BCUT2D eigenvalue weighted by molar-refractivity contribution is 0.879. The number of hydrogen-bond acceptors (Lipinski definition) is 1. The molecule has 0 radical (unpaired) electrons. The Balaban J connectivity index is 2.25. The standard InChI is InChI=1S/C11H10BrClN2/c12-10-1-3-11(4-2-10)15-8-9(5-6-13)7-14-15/h1-4,7-8H,5-6H2. The monoisotopic (exact) mass is 284 g/mol. The highest BCUT2D eigenvalue weighted by Gasteiger charge is 2.00. The van der Waals surface area contributed by atoms with Gasteiger partial charge >= 0.3 is 0 Å². The van der Waals surface area contributed by atoms with E-state index in [1.165, 1.54) is 0 Å². The molecule has 2 nitrogen and oxygen atoms in total. The fourth-order valence-corrected chi connectivity index (χ4v) is 1.82. The van der Waals surface area contributed by atoms with E-state index < -0.39 is 0 Å². The van der Waals surface area contributed by atoms with Gasteiger partial charge in [0.1, 0.15) is 0 Å². The molecule has 2 rings (SSSR count).